The molecule has 3 nitrogen and oxygen atoms in total. The average molecular weight is 336 g/mol. The summed E-state index contributed by atoms with van der Waals surface area (Å²) in [6.45, 7) is 8.00. The lowest BCUT2D eigenvalue weighted by molar-refractivity contribution is -0.126. The number of hydrogen-bond acceptors (Lipinski definition) is 2. The van der Waals surface area contributed by atoms with Gasteiger partial charge in [-0.2, -0.15) is 0 Å². The average Bonchev–Trinajstić information content (AvgIpc) is 2.67. The van der Waals surface area contributed by atoms with E-state index in [2.05, 4.69) is 72.6 Å². The summed E-state index contributed by atoms with van der Waals surface area (Å²) in [5.41, 5.74) is 5.23. The molecule has 132 valence electrons. The van der Waals surface area contributed by atoms with Crippen molar-refractivity contribution in [2.75, 3.05) is 6.54 Å². The van der Waals surface area contributed by atoms with Gasteiger partial charge in [0.05, 0.1) is 12.1 Å². The summed E-state index contributed by atoms with van der Waals surface area (Å²) >= 11 is 0. The van der Waals surface area contributed by atoms with Gasteiger partial charge in [0.1, 0.15) is 0 Å². The normalized spacial score (nSPS) is 16.8. The summed E-state index contributed by atoms with van der Waals surface area (Å²) in [6.07, 6.45) is 2.05. The first kappa shape index (κ1) is 17.7. The van der Waals surface area contributed by atoms with Crippen molar-refractivity contribution in [1.82, 2.24) is 10.2 Å². The second-order valence-corrected chi connectivity index (χ2v) is 6.99. The molecule has 0 fully saturated rings. The van der Waals surface area contributed by atoms with E-state index in [4.69, 9.17) is 0 Å². The zero-order chi connectivity index (χ0) is 17.8. The molecule has 0 saturated carbocycles. The molecule has 1 heterocycles. The summed E-state index contributed by atoms with van der Waals surface area (Å²) in [5.74, 6) is 0.103. The fourth-order valence-electron chi connectivity index (χ4n) is 3.47. The molecule has 0 aliphatic carbocycles. The number of fused-ring (bicyclic) bond motifs is 1. The second kappa shape index (κ2) is 7.83. The van der Waals surface area contributed by atoms with Gasteiger partial charge in [-0.25, -0.2) is 0 Å². The van der Waals surface area contributed by atoms with Crippen LogP contribution >= 0.6 is 0 Å². The lowest BCUT2D eigenvalue weighted by Gasteiger charge is -2.33. The third kappa shape index (κ3) is 4.10. The maximum absolute atomic E-state index is 12.7. The van der Waals surface area contributed by atoms with E-state index in [-0.39, 0.29) is 18.0 Å². The summed E-state index contributed by atoms with van der Waals surface area (Å²) in [7, 11) is 0. The van der Waals surface area contributed by atoms with Crippen molar-refractivity contribution in [1.29, 1.82) is 0 Å². The highest BCUT2D eigenvalue weighted by Gasteiger charge is 2.26. The number of hydrogen-bond donors (Lipinski definition) is 1. The number of carbonyl (C=O) groups is 1. The van der Waals surface area contributed by atoms with E-state index in [0.29, 0.717) is 0 Å². The summed E-state index contributed by atoms with van der Waals surface area (Å²) in [6, 6.07) is 17.0. The molecule has 2 unspecified atom stereocenters. The van der Waals surface area contributed by atoms with Gasteiger partial charge in [-0.1, -0.05) is 55.5 Å². The third-order valence-corrected chi connectivity index (χ3v) is 5.33. The van der Waals surface area contributed by atoms with Crippen LogP contribution in [0.4, 0.5) is 0 Å². The Morgan fingerprint density at radius 3 is 2.44 bits per heavy atom. The third-order valence-electron chi connectivity index (χ3n) is 5.33. The van der Waals surface area contributed by atoms with Gasteiger partial charge in [0, 0.05) is 13.1 Å². The van der Waals surface area contributed by atoms with Crippen molar-refractivity contribution in [3.8, 4) is 0 Å². The fraction of sp³-hybridized carbons (Fsp3) is 0.409. The standard InChI is InChI=1S/C22H28N2O/c1-4-18-9-11-19(12-10-18)16(2)23-22(25)17(3)24-14-13-20-7-5-6-8-21(20)15-24/h5-12,16-17H,4,13-15H2,1-3H3,(H,23,25). The van der Waals surface area contributed by atoms with Crippen LogP contribution in [0.15, 0.2) is 48.5 Å². The van der Waals surface area contributed by atoms with Crippen LogP contribution < -0.4 is 5.32 Å². The number of carbonyl (C=O) groups excluding carboxylic acids is 1. The predicted octanol–water partition coefficient (Wildman–Crippen LogP) is 3.87. The molecule has 0 spiro atoms. The van der Waals surface area contributed by atoms with Gasteiger partial charge in [-0.15, -0.1) is 0 Å². The van der Waals surface area contributed by atoms with Crippen molar-refractivity contribution >= 4 is 5.91 Å². The smallest absolute Gasteiger partial charge is 0.237 e. The van der Waals surface area contributed by atoms with Crippen molar-refractivity contribution in [2.24, 2.45) is 0 Å². The minimum absolute atomic E-state index is 0.0259. The van der Waals surface area contributed by atoms with Crippen LogP contribution in [0.3, 0.4) is 0 Å². The summed E-state index contributed by atoms with van der Waals surface area (Å²) < 4.78 is 0. The van der Waals surface area contributed by atoms with Crippen LogP contribution in [0.1, 0.15) is 49.1 Å². The molecule has 1 aliphatic rings. The molecular weight excluding hydrogens is 308 g/mol. The Balaban J connectivity index is 1.60. The van der Waals surface area contributed by atoms with Gasteiger partial charge in [0.2, 0.25) is 5.91 Å². The minimum Gasteiger partial charge on any atom is -0.348 e. The van der Waals surface area contributed by atoms with E-state index in [0.717, 1.165) is 31.5 Å². The highest BCUT2D eigenvalue weighted by molar-refractivity contribution is 5.81. The number of nitrogens with one attached hydrogen (secondary N) is 1. The van der Waals surface area contributed by atoms with Crippen molar-refractivity contribution < 1.29 is 4.79 Å². The Kier molecular flexibility index (Phi) is 5.54. The molecule has 2 atom stereocenters. The lowest BCUT2D eigenvalue weighted by Crippen LogP contribution is -2.47. The molecule has 2 aromatic rings. The zero-order valence-electron chi connectivity index (χ0n) is 15.5. The SMILES string of the molecule is CCc1ccc(C(C)NC(=O)C(C)N2CCc3ccccc3C2)cc1. The number of aryl methyl sites for hydroxylation is 1. The summed E-state index contributed by atoms with van der Waals surface area (Å²) in [5, 5.41) is 3.17. The van der Waals surface area contributed by atoms with Crippen LogP contribution in [-0.4, -0.2) is 23.4 Å². The number of nitrogens with zero attached hydrogens (tertiary/aromatic N) is 1. The molecule has 0 saturated heterocycles. The Hall–Kier alpha value is -2.13. The topological polar surface area (TPSA) is 32.3 Å². The first-order valence-corrected chi connectivity index (χ1v) is 9.28. The Morgan fingerprint density at radius 1 is 1.08 bits per heavy atom. The van der Waals surface area contributed by atoms with Crippen LogP contribution in [-0.2, 0) is 24.2 Å². The van der Waals surface area contributed by atoms with Crippen molar-refractivity contribution in [3.05, 3.63) is 70.8 Å². The molecule has 0 bridgehead atoms. The van der Waals surface area contributed by atoms with Crippen molar-refractivity contribution in [2.45, 2.75) is 52.2 Å². The highest BCUT2D eigenvalue weighted by Crippen LogP contribution is 2.21. The van der Waals surface area contributed by atoms with E-state index in [1.54, 1.807) is 0 Å². The molecule has 3 heteroatoms. The molecule has 3 rings (SSSR count). The zero-order valence-corrected chi connectivity index (χ0v) is 15.5. The van der Waals surface area contributed by atoms with E-state index in [1.807, 2.05) is 6.92 Å². The molecule has 2 aromatic carbocycles. The van der Waals surface area contributed by atoms with Gasteiger partial charge in [-0.3, -0.25) is 9.69 Å². The van der Waals surface area contributed by atoms with Crippen molar-refractivity contribution in [3.63, 3.8) is 0 Å². The number of amides is 1. The van der Waals surface area contributed by atoms with E-state index in [9.17, 15) is 4.79 Å². The van der Waals surface area contributed by atoms with E-state index >= 15 is 0 Å². The van der Waals surface area contributed by atoms with Crippen LogP contribution in [0, 0.1) is 0 Å². The number of benzene rings is 2. The first-order valence-electron chi connectivity index (χ1n) is 9.28. The van der Waals surface area contributed by atoms with Gasteiger partial charge in [-0.05, 0) is 48.9 Å². The molecule has 0 radical (unpaired) electrons. The molecule has 1 N–H and O–H groups in total. The Labute approximate surface area is 151 Å². The predicted molar refractivity (Wildman–Crippen MR) is 102 cm³/mol. The quantitative estimate of drug-likeness (QED) is 0.899. The largest absolute Gasteiger partial charge is 0.348 e. The van der Waals surface area contributed by atoms with Crippen LogP contribution in [0.2, 0.25) is 0 Å². The van der Waals surface area contributed by atoms with Gasteiger partial charge >= 0.3 is 0 Å². The molecule has 25 heavy (non-hydrogen) atoms. The lowest BCUT2D eigenvalue weighted by atomic mass is 9.98. The Bertz CT molecular complexity index is 723. The van der Waals surface area contributed by atoms with Gasteiger partial charge < -0.3 is 5.32 Å². The molecular formula is C22H28N2O. The monoisotopic (exact) mass is 336 g/mol. The van der Waals surface area contributed by atoms with Crippen LogP contribution in [0.25, 0.3) is 0 Å². The summed E-state index contributed by atoms with van der Waals surface area (Å²) in [4.78, 5) is 15.0. The molecule has 1 amide bonds. The van der Waals surface area contributed by atoms with Gasteiger partial charge in [0.25, 0.3) is 0 Å². The maximum atomic E-state index is 12.7. The fourth-order valence-corrected chi connectivity index (χ4v) is 3.47. The molecule has 1 aliphatic heterocycles. The Morgan fingerprint density at radius 2 is 1.76 bits per heavy atom. The first-order chi connectivity index (χ1) is 12.1. The van der Waals surface area contributed by atoms with E-state index in [1.165, 1.54) is 16.7 Å². The minimum atomic E-state index is -0.120. The van der Waals surface area contributed by atoms with Crippen LogP contribution in [0.5, 0.6) is 0 Å². The second-order valence-electron chi connectivity index (χ2n) is 6.99. The van der Waals surface area contributed by atoms with Gasteiger partial charge in [0.15, 0.2) is 0 Å². The molecule has 0 aromatic heterocycles. The highest BCUT2D eigenvalue weighted by atomic mass is 16.2. The van der Waals surface area contributed by atoms with E-state index < -0.39 is 0 Å². The maximum Gasteiger partial charge on any atom is 0.237 e. The number of rotatable bonds is 5.